The third-order valence-corrected chi connectivity index (χ3v) is 7.46. The lowest BCUT2D eigenvalue weighted by Crippen LogP contribution is -2.20. The van der Waals surface area contributed by atoms with Crippen molar-refractivity contribution >= 4 is 69.1 Å². The van der Waals surface area contributed by atoms with Crippen LogP contribution < -0.4 is 0 Å². The number of allylic oxidation sites excluding steroid dienone is 1. The third kappa shape index (κ3) is 6.19. The maximum atomic E-state index is 12.5. The molecule has 0 aromatic carbocycles. The smallest absolute Gasteiger partial charge is 0.331 e. The predicted octanol–water partition coefficient (Wildman–Crippen LogP) is 5.82. The van der Waals surface area contributed by atoms with Gasteiger partial charge in [0.25, 0.3) is 0 Å². The summed E-state index contributed by atoms with van der Waals surface area (Å²) in [6.07, 6.45) is 2.62. The number of aliphatic hydroxyl groups excluding tert-OH is 1. The molecule has 0 spiro atoms. The van der Waals surface area contributed by atoms with E-state index in [4.69, 9.17) is 39.5 Å². The summed E-state index contributed by atoms with van der Waals surface area (Å²) < 4.78 is 4.75. The number of aromatic nitrogens is 1. The lowest BCUT2D eigenvalue weighted by molar-refractivity contribution is -0.141. The molecule has 0 saturated carbocycles. The Morgan fingerprint density at radius 1 is 1.27 bits per heavy atom. The van der Waals surface area contributed by atoms with Crippen LogP contribution in [0.1, 0.15) is 39.3 Å². The number of ketones is 1. The minimum Gasteiger partial charge on any atom is -0.506 e. The molecule has 1 aromatic rings. The Labute approximate surface area is 195 Å². The summed E-state index contributed by atoms with van der Waals surface area (Å²) in [6.45, 7) is 5.96. The van der Waals surface area contributed by atoms with Gasteiger partial charge in [-0.1, -0.05) is 55.6 Å². The highest BCUT2D eigenvalue weighted by atomic mass is 35.5. The van der Waals surface area contributed by atoms with Crippen LogP contribution in [0, 0.1) is 17.8 Å². The van der Waals surface area contributed by atoms with Gasteiger partial charge in [-0.3, -0.25) is 9.79 Å². The van der Waals surface area contributed by atoms with Gasteiger partial charge in [-0.2, -0.15) is 0 Å². The Bertz CT molecular complexity index is 868. The summed E-state index contributed by atoms with van der Waals surface area (Å²) in [5, 5.41) is 11.4. The second-order valence-corrected chi connectivity index (χ2v) is 9.74. The number of aliphatic hydroxyl groups is 1. The Kier molecular flexibility index (Phi) is 9.15. The van der Waals surface area contributed by atoms with Gasteiger partial charge in [0.2, 0.25) is 0 Å². The summed E-state index contributed by atoms with van der Waals surface area (Å²) in [7, 11) is 1.36. The first kappa shape index (κ1) is 25.1. The summed E-state index contributed by atoms with van der Waals surface area (Å²) in [5.41, 5.74) is 0.116. The van der Waals surface area contributed by atoms with Crippen LogP contribution in [0.15, 0.2) is 11.1 Å². The molecule has 0 aliphatic carbocycles. The molecule has 6 nitrogen and oxygen atoms in total. The van der Waals surface area contributed by atoms with Crippen molar-refractivity contribution in [2.75, 3.05) is 12.9 Å². The zero-order chi connectivity index (χ0) is 22.6. The molecule has 30 heavy (non-hydrogen) atoms. The number of hydrogen-bond donors (Lipinski definition) is 2. The summed E-state index contributed by atoms with van der Waals surface area (Å²) >= 11 is 19.3. The number of carbonyl (C=O) groups excluding carboxylic acids is 2. The van der Waals surface area contributed by atoms with E-state index in [9.17, 15) is 14.7 Å². The highest BCUT2D eigenvalue weighted by Gasteiger charge is 2.29. The number of ether oxygens (including phenoxy) is 1. The van der Waals surface area contributed by atoms with E-state index in [1.807, 2.05) is 6.92 Å². The molecule has 2 rings (SSSR count). The number of nitrogens with zero attached hydrogens (tertiary/aromatic N) is 1. The van der Waals surface area contributed by atoms with Crippen LogP contribution in [0.2, 0.25) is 15.2 Å². The normalized spacial score (nSPS) is 19.9. The first-order valence-corrected chi connectivity index (χ1v) is 11.6. The van der Waals surface area contributed by atoms with Crippen LogP contribution in [0.3, 0.4) is 0 Å². The Morgan fingerprint density at radius 2 is 1.93 bits per heavy atom. The molecule has 0 saturated heterocycles. The van der Waals surface area contributed by atoms with Crippen LogP contribution in [-0.2, 0) is 14.3 Å². The van der Waals surface area contributed by atoms with Crippen LogP contribution >= 0.6 is 46.6 Å². The van der Waals surface area contributed by atoms with E-state index >= 15 is 0 Å². The number of esters is 1. The highest BCUT2D eigenvalue weighted by molar-refractivity contribution is 8.14. The van der Waals surface area contributed by atoms with Crippen LogP contribution in [-0.4, -0.2) is 45.8 Å². The average Bonchev–Trinajstić information content (AvgIpc) is 3.28. The Balaban J connectivity index is 1.93. The summed E-state index contributed by atoms with van der Waals surface area (Å²) in [6, 6.07) is -0.428. The summed E-state index contributed by atoms with van der Waals surface area (Å²) in [5.74, 6) is -0.0978. The van der Waals surface area contributed by atoms with E-state index in [2.05, 4.69) is 23.8 Å². The molecule has 10 heteroatoms. The van der Waals surface area contributed by atoms with E-state index in [-0.39, 0.29) is 56.2 Å². The molecular formula is C20H25Cl3N2O4S. The number of aliphatic imine (C=N–C) groups is 1. The van der Waals surface area contributed by atoms with Crippen molar-refractivity contribution < 1.29 is 19.4 Å². The minimum atomic E-state index is -0.428. The Hall–Kier alpha value is -1.15. The van der Waals surface area contributed by atoms with Gasteiger partial charge in [-0.25, -0.2) is 4.79 Å². The largest absolute Gasteiger partial charge is 0.506 e. The van der Waals surface area contributed by atoms with Gasteiger partial charge in [-0.15, -0.1) is 11.8 Å². The molecule has 2 heterocycles. The van der Waals surface area contributed by atoms with Crippen molar-refractivity contribution in [1.29, 1.82) is 0 Å². The van der Waals surface area contributed by atoms with Crippen molar-refractivity contribution in [3.8, 4) is 0 Å². The average molecular weight is 496 g/mol. The molecule has 0 amide bonds. The number of halogens is 3. The number of H-pyrrole nitrogens is 1. The first-order valence-electron chi connectivity index (χ1n) is 9.50. The Morgan fingerprint density at radius 3 is 2.50 bits per heavy atom. The lowest BCUT2D eigenvalue weighted by Gasteiger charge is -2.19. The fraction of sp³-hybridized carbons (Fsp3) is 0.550. The quantitative estimate of drug-likeness (QED) is 0.256. The van der Waals surface area contributed by atoms with Gasteiger partial charge in [0.1, 0.15) is 16.6 Å². The third-order valence-electron chi connectivity index (χ3n) is 4.94. The molecular weight excluding hydrogens is 471 g/mol. The van der Waals surface area contributed by atoms with Crippen molar-refractivity contribution in [3.05, 3.63) is 27.0 Å². The van der Waals surface area contributed by atoms with Crippen molar-refractivity contribution in [3.63, 3.8) is 0 Å². The number of rotatable bonds is 9. The number of nitrogens with one attached hydrogen (secondary N) is 1. The standard InChI is InChI=1S/C20H25Cl3N2O4S/c1-9(6-11(3)19-24-12(8-30-19)20(28)29-4)5-10(2)13(26)7-14(27)17-15(21)16(22)18(23)25-17/h7,9-12,25,27H,5-6,8H2,1-4H3/b14-7-. The number of methoxy groups -OCH3 is 1. The van der Waals surface area contributed by atoms with Gasteiger partial charge >= 0.3 is 5.97 Å². The van der Waals surface area contributed by atoms with Crippen molar-refractivity contribution in [2.24, 2.45) is 22.7 Å². The van der Waals surface area contributed by atoms with Crippen LogP contribution in [0.25, 0.3) is 5.76 Å². The number of aromatic amines is 1. The van der Waals surface area contributed by atoms with E-state index in [1.165, 1.54) is 7.11 Å². The second kappa shape index (κ2) is 10.9. The van der Waals surface area contributed by atoms with Gasteiger partial charge in [0.15, 0.2) is 11.8 Å². The topological polar surface area (TPSA) is 91.8 Å². The molecule has 166 valence electrons. The fourth-order valence-corrected chi connectivity index (χ4v) is 5.13. The van der Waals surface area contributed by atoms with E-state index < -0.39 is 6.04 Å². The summed E-state index contributed by atoms with van der Waals surface area (Å²) in [4.78, 5) is 31.3. The highest BCUT2D eigenvalue weighted by Crippen LogP contribution is 2.35. The van der Waals surface area contributed by atoms with Gasteiger partial charge in [0, 0.05) is 23.7 Å². The van der Waals surface area contributed by atoms with Crippen LogP contribution in [0.4, 0.5) is 0 Å². The minimum absolute atomic E-state index is 0.0677. The number of carbonyl (C=O) groups is 2. The van der Waals surface area contributed by atoms with E-state index in [0.29, 0.717) is 12.2 Å². The molecule has 1 aliphatic heterocycles. The number of hydrogen-bond acceptors (Lipinski definition) is 6. The van der Waals surface area contributed by atoms with Crippen LogP contribution in [0.5, 0.6) is 0 Å². The maximum Gasteiger partial charge on any atom is 0.331 e. The molecule has 0 radical (unpaired) electrons. The predicted molar refractivity (Wildman–Crippen MR) is 124 cm³/mol. The number of thioether (sulfide) groups is 1. The lowest BCUT2D eigenvalue weighted by atomic mass is 9.88. The molecule has 0 fully saturated rings. The second-order valence-electron chi connectivity index (χ2n) is 7.57. The maximum absolute atomic E-state index is 12.5. The molecule has 0 bridgehead atoms. The first-order chi connectivity index (χ1) is 14.0. The van der Waals surface area contributed by atoms with Gasteiger partial charge in [0.05, 0.1) is 22.2 Å². The zero-order valence-corrected chi connectivity index (χ0v) is 20.3. The van der Waals surface area contributed by atoms with Gasteiger partial charge in [-0.05, 0) is 18.8 Å². The van der Waals surface area contributed by atoms with Crippen molar-refractivity contribution in [2.45, 2.75) is 39.7 Å². The molecule has 4 unspecified atom stereocenters. The SMILES string of the molecule is COC(=O)C1CSC(C(C)CC(C)CC(C)C(=O)/C=C(\O)c2[nH]c(Cl)c(Cl)c2Cl)=N1. The molecule has 1 aliphatic rings. The van der Waals surface area contributed by atoms with E-state index in [0.717, 1.165) is 17.5 Å². The molecule has 2 N–H and O–H groups in total. The monoisotopic (exact) mass is 494 g/mol. The van der Waals surface area contributed by atoms with Gasteiger partial charge < -0.3 is 14.8 Å². The molecule has 1 aromatic heterocycles. The molecule has 4 atom stereocenters. The van der Waals surface area contributed by atoms with Crippen molar-refractivity contribution in [1.82, 2.24) is 4.98 Å². The van der Waals surface area contributed by atoms with E-state index in [1.54, 1.807) is 11.8 Å². The fourth-order valence-electron chi connectivity index (χ4n) is 3.39. The zero-order valence-electron chi connectivity index (χ0n) is 17.2.